The number of halogens is 1. The topological polar surface area (TPSA) is 82.2 Å². The third-order valence-electron chi connectivity index (χ3n) is 6.17. The fraction of sp³-hybridized carbons (Fsp3) is 0.400. The Morgan fingerprint density at radius 3 is 2.58 bits per heavy atom. The number of urea groups is 1. The highest BCUT2D eigenvalue weighted by molar-refractivity contribution is 6.30. The number of nitrogens with zero attached hydrogens (tertiary/aromatic N) is 3. The summed E-state index contributed by atoms with van der Waals surface area (Å²) in [7, 11) is 4.00. The maximum atomic E-state index is 12.3. The Hall–Kier alpha value is -3.06. The summed E-state index contributed by atoms with van der Waals surface area (Å²) in [6, 6.07) is 13.7. The average molecular weight is 467 g/mol. The Bertz CT molecular complexity index is 1130. The Balaban J connectivity index is 1.27. The number of aromatic nitrogens is 2. The van der Waals surface area contributed by atoms with Crippen molar-refractivity contribution in [1.82, 2.24) is 15.3 Å². The van der Waals surface area contributed by atoms with Gasteiger partial charge < -0.3 is 20.9 Å². The zero-order chi connectivity index (χ0) is 23.4. The van der Waals surface area contributed by atoms with E-state index in [1.54, 1.807) is 6.07 Å². The van der Waals surface area contributed by atoms with E-state index in [9.17, 15) is 4.79 Å². The van der Waals surface area contributed by atoms with Crippen molar-refractivity contribution < 1.29 is 4.79 Å². The van der Waals surface area contributed by atoms with Gasteiger partial charge in [-0.05, 0) is 74.4 Å². The molecule has 4 rings (SSSR count). The molecule has 8 heteroatoms. The first-order chi connectivity index (χ1) is 15.9. The molecule has 0 spiro atoms. The molecular formula is C25H31ClN6O. The number of para-hydroxylation sites is 1. The summed E-state index contributed by atoms with van der Waals surface area (Å²) < 4.78 is 0. The normalized spacial score (nSPS) is 18.1. The maximum Gasteiger partial charge on any atom is 0.319 e. The molecule has 1 heterocycles. The summed E-state index contributed by atoms with van der Waals surface area (Å²) in [6.07, 6.45) is 4.15. The summed E-state index contributed by atoms with van der Waals surface area (Å²) in [5.74, 6) is 2.06. The third-order valence-corrected chi connectivity index (χ3v) is 6.41. The number of fused-ring (bicyclic) bond motifs is 1. The SMILES string of the molecule is Cc1cc(Cl)ccc1NC(=O)NC[C@H]1CC[C@@H](Nc2nc(N(C)C)c3ccccc3n2)CC1. The van der Waals surface area contributed by atoms with Crippen LogP contribution < -0.4 is 20.9 Å². The van der Waals surface area contributed by atoms with Crippen LogP contribution in [0.5, 0.6) is 0 Å². The van der Waals surface area contributed by atoms with Gasteiger partial charge in [0.1, 0.15) is 5.82 Å². The largest absolute Gasteiger partial charge is 0.362 e. The van der Waals surface area contributed by atoms with Crippen LogP contribution in [0.15, 0.2) is 42.5 Å². The Kier molecular flexibility index (Phi) is 7.18. The van der Waals surface area contributed by atoms with Crippen molar-refractivity contribution in [3.05, 3.63) is 53.1 Å². The van der Waals surface area contributed by atoms with Crippen molar-refractivity contribution >= 4 is 46.0 Å². The van der Waals surface area contributed by atoms with E-state index in [1.165, 1.54) is 0 Å². The number of anilines is 3. The molecule has 174 valence electrons. The second kappa shape index (κ2) is 10.3. The molecule has 7 nitrogen and oxygen atoms in total. The van der Waals surface area contributed by atoms with Gasteiger partial charge in [0, 0.05) is 42.8 Å². The summed E-state index contributed by atoms with van der Waals surface area (Å²) in [4.78, 5) is 23.8. The van der Waals surface area contributed by atoms with Gasteiger partial charge in [0.25, 0.3) is 0 Å². The minimum atomic E-state index is -0.179. The highest BCUT2D eigenvalue weighted by Crippen LogP contribution is 2.28. The molecule has 3 aromatic rings. The smallest absolute Gasteiger partial charge is 0.319 e. The molecule has 2 amide bonds. The number of aryl methyl sites for hydroxylation is 1. The third kappa shape index (κ3) is 5.85. The molecule has 1 saturated carbocycles. The Morgan fingerprint density at radius 1 is 1.09 bits per heavy atom. The fourth-order valence-corrected chi connectivity index (χ4v) is 4.56. The standard InChI is InChI=1S/C25H31ClN6O/c1-16-14-18(26)10-13-21(16)30-25(33)27-15-17-8-11-19(12-9-17)28-24-29-22-7-5-4-6-20(22)23(31-24)32(2)3/h4-7,10,13-14,17,19H,8-9,11-12,15H2,1-3H3,(H2,27,30,33)(H,28,29,31)/t17-,19+. The van der Waals surface area contributed by atoms with Gasteiger partial charge in [0.2, 0.25) is 5.95 Å². The minimum Gasteiger partial charge on any atom is -0.362 e. The molecule has 0 unspecified atom stereocenters. The lowest BCUT2D eigenvalue weighted by molar-refractivity contribution is 0.246. The van der Waals surface area contributed by atoms with Crippen molar-refractivity contribution in [2.24, 2.45) is 5.92 Å². The number of benzene rings is 2. The number of rotatable bonds is 6. The van der Waals surface area contributed by atoms with Gasteiger partial charge in [-0.3, -0.25) is 0 Å². The lowest BCUT2D eigenvalue weighted by Gasteiger charge is -2.29. The van der Waals surface area contributed by atoms with Crippen LogP contribution >= 0.6 is 11.6 Å². The highest BCUT2D eigenvalue weighted by atomic mass is 35.5. The van der Waals surface area contributed by atoms with E-state index in [-0.39, 0.29) is 6.03 Å². The van der Waals surface area contributed by atoms with E-state index >= 15 is 0 Å². The predicted octanol–water partition coefficient (Wildman–Crippen LogP) is 5.45. The number of hydrogen-bond donors (Lipinski definition) is 3. The molecule has 1 fully saturated rings. The van der Waals surface area contributed by atoms with Crippen LogP contribution in [0.3, 0.4) is 0 Å². The van der Waals surface area contributed by atoms with Crippen molar-refractivity contribution in [1.29, 1.82) is 0 Å². The number of nitrogens with one attached hydrogen (secondary N) is 3. The monoisotopic (exact) mass is 466 g/mol. The second-order valence-corrected chi connectivity index (χ2v) is 9.38. The van der Waals surface area contributed by atoms with Crippen LogP contribution in [-0.2, 0) is 0 Å². The van der Waals surface area contributed by atoms with Crippen LogP contribution in [0.2, 0.25) is 5.02 Å². The summed E-state index contributed by atoms with van der Waals surface area (Å²) in [5, 5.41) is 11.2. The second-order valence-electron chi connectivity index (χ2n) is 8.94. The molecule has 0 radical (unpaired) electrons. The lowest BCUT2D eigenvalue weighted by Crippen LogP contribution is -2.36. The molecule has 3 N–H and O–H groups in total. The quantitative estimate of drug-likeness (QED) is 0.450. The van der Waals surface area contributed by atoms with Gasteiger partial charge in [-0.25, -0.2) is 9.78 Å². The first-order valence-corrected chi connectivity index (χ1v) is 11.8. The van der Waals surface area contributed by atoms with Gasteiger partial charge >= 0.3 is 6.03 Å². The van der Waals surface area contributed by atoms with Gasteiger partial charge in [-0.2, -0.15) is 4.98 Å². The average Bonchev–Trinajstić information content (AvgIpc) is 2.80. The zero-order valence-corrected chi connectivity index (χ0v) is 20.1. The number of carbonyl (C=O) groups excluding carboxylic acids is 1. The van der Waals surface area contributed by atoms with Crippen LogP contribution in [0, 0.1) is 12.8 Å². The van der Waals surface area contributed by atoms with Gasteiger partial charge in [-0.1, -0.05) is 23.7 Å². The predicted molar refractivity (Wildman–Crippen MR) is 136 cm³/mol. The summed E-state index contributed by atoms with van der Waals surface area (Å²) >= 11 is 5.98. The molecule has 1 aliphatic carbocycles. The minimum absolute atomic E-state index is 0.179. The molecule has 0 bridgehead atoms. The van der Waals surface area contributed by atoms with E-state index in [4.69, 9.17) is 21.6 Å². The van der Waals surface area contributed by atoms with Crippen LogP contribution in [0.4, 0.5) is 22.2 Å². The molecule has 2 aromatic carbocycles. The van der Waals surface area contributed by atoms with Crippen molar-refractivity contribution in [2.75, 3.05) is 36.2 Å². The summed E-state index contributed by atoms with van der Waals surface area (Å²) in [6.45, 7) is 2.60. The maximum absolute atomic E-state index is 12.3. The van der Waals surface area contributed by atoms with Crippen molar-refractivity contribution in [3.63, 3.8) is 0 Å². The number of hydrogen-bond acceptors (Lipinski definition) is 5. The number of carbonyl (C=O) groups is 1. The van der Waals surface area contributed by atoms with Crippen LogP contribution in [0.25, 0.3) is 10.9 Å². The zero-order valence-electron chi connectivity index (χ0n) is 19.4. The molecule has 0 atom stereocenters. The molecule has 1 aromatic heterocycles. The lowest BCUT2D eigenvalue weighted by atomic mass is 9.86. The van der Waals surface area contributed by atoms with Gasteiger partial charge in [0.15, 0.2) is 0 Å². The molecule has 33 heavy (non-hydrogen) atoms. The molecule has 1 aliphatic rings. The Morgan fingerprint density at radius 2 is 1.85 bits per heavy atom. The molecular weight excluding hydrogens is 436 g/mol. The van der Waals surface area contributed by atoms with E-state index in [0.717, 1.165) is 53.7 Å². The first-order valence-electron chi connectivity index (χ1n) is 11.4. The van der Waals surface area contributed by atoms with Gasteiger partial charge in [0.05, 0.1) is 5.52 Å². The fourth-order valence-electron chi connectivity index (χ4n) is 4.33. The molecule has 0 saturated heterocycles. The first kappa shape index (κ1) is 23.1. The highest BCUT2D eigenvalue weighted by Gasteiger charge is 2.23. The Labute approximate surface area is 199 Å². The van der Waals surface area contributed by atoms with Crippen molar-refractivity contribution in [3.8, 4) is 0 Å². The molecule has 0 aliphatic heterocycles. The van der Waals surface area contributed by atoms with E-state index in [1.807, 2.05) is 56.3 Å². The van der Waals surface area contributed by atoms with E-state index < -0.39 is 0 Å². The van der Waals surface area contributed by atoms with Crippen molar-refractivity contribution in [2.45, 2.75) is 38.6 Å². The summed E-state index contributed by atoms with van der Waals surface area (Å²) in [5.41, 5.74) is 2.66. The van der Waals surface area contributed by atoms with E-state index in [2.05, 4.69) is 22.0 Å². The van der Waals surface area contributed by atoms with Crippen LogP contribution in [0.1, 0.15) is 31.2 Å². The van der Waals surface area contributed by atoms with Crippen LogP contribution in [-0.4, -0.2) is 42.7 Å². The van der Waals surface area contributed by atoms with E-state index in [0.29, 0.717) is 29.5 Å². The number of amides is 2. The van der Waals surface area contributed by atoms with Gasteiger partial charge in [-0.15, -0.1) is 0 Å².